The van der Waals surface area contributed by atoms with Gasteiger partial charge in [0.1, 0.15) is 0 Å². The van der Waals surface area contributed by atoms with Crippen LogP contribution >= 0.6 is 23.2 Å². The summed E-state index contributed by atoms with van der Waals surface area (Å²) in [7, 11) is -3.68. The van der Waals surface area contributed by atoms with Gasteiger partial charge >= 0.3 is 12.3 Å². The highest BCUT2D eigenvalue weighted by Crippen LogP contribution is 2.39. The lowest BCUT2D eigenvalue weighted by Gasteiger charge is -2.22. The van der Waals surface area contributed by atoms with Crippen molar-refractivity contribution >= 4 is 50.0 Å². The molecule has 0 spiro atoms. The van der Waals surface area contributed by atoms with Crippen molar-refractivity contribution in [1.29, 1.82) is 0 Å². The molecule has 2 aromatic carbocycles. The summed E-state index contributed by atoms with van der Waals surface area (Å²) in [5, 5.41) is 10.6. The van der Waals surface area contributed by atoms with Crippen LogP contribution in [0.4, 0.5) is 18.0 Å². The summed E-state index contributed by atoms with van der Waals surface area (Å²) in [5.74, 6) is -0.267. The minimum Gasteiger partial charge on any atom is -0.465 e. The number of likely N-dealkylation sites (tertiary alicyclic amines) is 1. The highest BCUT2D eigenvalue weighted by molar-refractivity contribution is 7.91. The third-order valence-corrected chi connectivity index (χ3v) is 9.31. The molecule has 0 aliphatic carbocycles. The van der Waals surface area contributed by atoms with Gasteiger partial charge in [-0.25, -0.2) is 18.2 Å². The Kier molecular flexibility index (Phi) is 8.69. The molecule has 4 rings (SSSR count). The summed E-state index contributed by atoms with van der Waals surface area (Å²) in [6.07, 6.45) is -4.31. The zero-order valence-corrected chi connectivity index (χ0v) is 23.5. The van der Waals surface area contributed by atoms with Crippen molar-refractivity contribution in [2.45, 2.75) is 37.5 Å². The average molecular weight is 621 g/mol. The zero-order chi connectivity index (χ0) is 29.4. The number of aromatic nitrogens is 2. The Morgan fingerprint density at radius 2 is 1.95 bits per heavy atom. The Balaban J connectivity index is 1.74. The van der Waals surface area contributed by atoms with E-state index in [2.05, 4.69) is 10.3 Å². The molecule has 1 aromatic heterocycles. The minimum atomic E-state index is -4.83. The molecule has 1 amide bonds. The van der Waals surface area contributed by atoms with E-state index in [-0.39, 0.29) is 68.3 Å². The molecule has 0 bridgehead atoms. The largest absolute Gasteiger partial charge is 0.465 e. The average Bonchev–Trinajstić information content (AvgIpc) is 3.32. The van der Waals surface area contributed by atoms with Crippen molar-refractivity contribution in [2.75, 3.05) is 25.4 Å². The van der Waals surface area contributed by atoms with E-state index in [9.17, 15) is 31.2 Å². The number of hydrogen-bond donors (Lipinski definition) is 2. The number of rotatable bonds is 8. The van der Waals surface area contributed by atoms with Gasteiger partial charge in [0.2, 0.25) is 0 Å². The first kappa shape index (κ1) is 30.1. The van der Waals surface area contributed by atoms with Crippen LogP contribution in [-0.2, 0) is 29.1 Å². The van der Waals surface area contributed by atoms with E-state index in [1.807, 2.05) is 0 Å². The Labute approximate surface area is 237 Å². The van der Waals surface area contributed by atoms with Crippen LogP contribution in [0.5, 0.6) is 0 Å². The second kappa shape index (κ2) is 11.6. The summed E-state index contributed by atoms with van der Waals surface area (Å²) in [5.41, 5.74) is -2.06. The van der Waals surface area contributed by atoms with E-state index < -0.39 is 33.2 Å². The van der Waals surface area contributed by atoms with Crippen LogP contribution in [0.2, 0.25) is 10.0 Å². The molecule has 3 aromatic rings. The third kappa shape index (κ3) is 6.37. The van der Waals surface area contributed by atoms with Gasteiger partial charge in [0.15, 0.2) is 9.84 Å². The molecule has 1 saturated heterocycles. The summed E-state index contributed by atoms with van der Waals surface area (Å²) < 4.78 is 68.7. The number of nitrogens with zero attached hydrogens (tertiary/aromatic N) is 3. The Morgan fingerprint density at radius 3 is 2.60 bits per heavy atom. The van der Waals surface area contributed by atoms with E-state index in [1.165, 1.54) is 25.1 Å². The van der Waals surface area contributed by atoms with Crippen LogP contribution < -0.4 is 10.9 Å². The van der Waals surface area contributed by atoms with Gasteiger partial charge in [-0.3, -0.25) is 14.3 Å². The molecule has 1 atom stereocenters. The molecular weight excluding hydrogens is 596 g/mol. The topological polar surface area (TPSA) is 122 Å². The minimum absolute atomic E-state index is 0.0433. The van der Waals surface area contributed by atoms with Crippen LogP contribution in [0.3, 0.4) is 0 Å². The third-order valence-electron chi connectivity index (χ3n) is 6.84. The fraction of sp³-hybridized carbons (Fsp3) is 0.400. The molecule has 15 heteroatoms. The van der Waals surface area contributed by atoms with Gasteiger partial charge in [-0.2, -0.15) is 13.2 Å². The Morgan fingerprint density at radius 1 is 1.23 bits per heavy atom. The van der Waals surface area contributed by atoms with Crippen LogP contribution in [-0.4, -0.2) is 59.5 Å². The smallest absolute Gasteiger partial charge is 0.416 e. The molecule has 0 radical (unpaired) electrons. The Hall–Kier alpha value is -2.87. The monoisotopic (exact) mass is 620 g/mol. The molecule has 1 aliphatic rings. The molecule has 216 valence electrons. The van der Waals surface area contributed by atoms with Gasteiger partial charge in [-0.15, -0.1) is 0 Å². The molecule has 2 N–H and O–H groups in total. The molecule has 1 fully saturated rings. The second-order valence-corrected chi connectivity index (χ2v) is 12.6. The van der Waals surface area contributed by atoms with Crippen LogP contribution in [0, 0.1) is 5.92 Å². The van der Waals surface area contributed by atoms with Gasteiger partial charge in [0.05, 0.1) is 45.0 Å². The number of sulfone groups is 1. The summed E-state index contributed by atoms with van der Waals surface area (Å²) in [6.45, 7) is 1.98. The number of fused-ring (bicyclic) bond motifs is 1. The number of halogens is 5. The van der Waals surface area contributed by atoms with Crippen LogP contribution in [0.25, 0.3) is 10.9 Å². The highest BCUT2D eigenvalue weighted by atomic mass is 35.5. The molecular formula is C25H25Cl2F3N4O5S. The second-order valence-electron chi connectivity index (χ2n) is 9.52. The lowest BCUT2D eigenvalue weighted by atomic mass is 10.0. The maximum Gasteiger partial charge on any atom is 0.416 e. The quantitative estimate of drug-likeness (QED) is 0.376. The number of benzene rings is 2. The maximum atomic E-state index is 14.2. The Bertz CT molecular complexity index is 1630. The highest BCUT2D eigenvalue weighted by Gasteiger charge is 2.37. The van der Waals surface area contributed by atoms with Crippen molar-refractivity contribution in [3.05, 3.63) is 67.7 Å². The lowest BCUT2D eigenvalue weighted by molar-refractivity contribution is -0.138. The first-order valence-corrected chi connectivity index (χ1v) is 14.6. The van der Waals surface area contributed by atoms with Crippen molar-refractivity contribution in [1.82, 2.24) is 19.8 Å². The van der Waals surface area contributed by atoms with E-state index in [0.717, 1.165) is 17.0 Å². The molecule has 0 saturated carbocycles. The van der Waals surface area contributed by atoms with Crippen molar-refractivity contribution in [2.24, 2.45) is 5.92 Å². The predicted octanol–water partition coefficient (Wildman–Crippen LogP) is 4.65. The van der Waals surface area contributed by atoms with E-state index >= 15 is 0 Å². The van der Waals surface area contributed by atoms with E-state index in [4.69, 9.17) is 28.3 Å². The predicted molar refractivity (Wildman–Crippen MR) is 144 cm³/mol. The summed E-state index contributed by atoms with van der Waals surface area (Å²) >= 11 is 12.5. The van der Waals surface area contributed by atoms with Gasteiger partial charge in [0, 0.05) is 24.7 Å². The number of carboxylic acid groups (broad SMARTS) is 1. The van der Waals surface area contributed by atoms with E-state index in [0.29, 0.717) is 19.5 Å². The SMILES string of the molecule is CCS(=O)(=O)c1ccc(Cl)cc1Cn1cnc2c(Cl)c(CN3CC[C@H](CNC(=O)O)C3)c(C(F)(F)F)cc2c1=O. The number of alkyl halides is 3. The first-order valence-electron chi connectivity index (χ1n) is 12.2. The molecule has 9 nitrogen and oxygen atoms in total. The molecule has 0 unspecified atom stereocenters. The first-order chi connectivity index (χ1) is 18.7. The van der Waals surface area contributed by atoms with Gasteiger partial charge in [-0.05, 0) is 54.3 Å². The lowest BCUT2D eigenvalue weighted by Crippen LogP contribution is -2.30. The molecule has 2 heterocycles. The number of hydrogen-bond acceptors (Lipinski definition) is 6. The number of carbonyl (C=O) groups is 1. The van der Waals surface area contributed by atoms with Gasteiger partial charge < -0.3 is 10.4 Å². The van der Waals surface area contributed by atoms with Crippen LogP contribution in [0.1, 0.15) is 30.0 Å². The molecule has 40 heavy (non-hydrogen) atoms. The van der Waals surface area contributed by atoms with Crippen molar-refractivity contribution in [3.8, 4) is 0 Å². The number of nitrogens with one attached hydrogen (secondary N) is 1. The normalized spacial score (nSPS) is 16.5. The van der Waals surface area contributed by atoms with Gasteiger partial charge in [-0.1, -0.05) is 30.1 Å². The van der Waals surface area contributed by atoms with Gasteiger partial charge in [0.25, 0.3) is 5.56 Å². The van der Waals surface area contributed by atoms with Crippen molar-refractivity contribution in [3.63, 3.8) is 0 Å². The standard InChI is InChI=1S/C25H25Cl2F3N4O5S/c1-2-40(38,39)20-4-3-16(26)7-15(20)11-34-13-32-22-17(23(34)35)8-19(25(28,29)30)18(21(22)27)12-33-6-5-14(10-33)9-31-24(36)37/h3-4,7-8,13-14,31H,2,5-6,9-12H2,1H3,(H,36,37)/t14-/m1/s1. The fourth-order valence-electron chi connectivity index (χ4n) is 4.82. The maximum absolute atomic E-state index is 14.2. The zero-order valence-electron chi connectivity index (χ0n) is 21.1. The van der Waals surface area contributed by atoms with Crippen molar-refractivity contribution < 1.29 is 31.5 Å². The van der Waals surface area contributed by atoms with Crippen LogP contribution in [0.15, 0.2) is 40.3 Å². The van der Waals surface area contributed by atoms with E-state index in [1.54, 1.807) is 4.90 Å². The summed E-state index contributed by atoms with van der Waals surface area (Å²) in [6, 6.07) is 4.83. The fourth-order valence-corrected chi connectivity index (χ4v) is 6.43. The number of amides is 1. The molecule has 1 aliphatic heterocycles. The summed E-state index contributed by atoms with van der Waals surface area (Å²) in [4.78, 5) is 30.0.